The van der Waals surface area contributed by atoms with Crippen LogP contribution < -0.4 is 9.62 Å². The lowest BCUT2D eigenvalue weighted by Crippen LogP contribution is -2.41. The Hall–Kier alpha value is -2.29. The van der Waals surface area contributed by atoms with E-state index in [1.807, 2.05) is 25.1 Å². The summed E-state index contributed by atoms with van der Waals surface area (Å²) in [7, 11) is -3.90. The maximum absolute atomic E-state index is 13.3. The van der Waals surface area contributed by atoms with Crippen molar-refractivity contribution in [3.63, 3.8) is 0 Å². The van der Waals surface area contributed by atoms with Gasteiger partial charge in [-0.2, -0.15) is 11.8 Å². The molecule has 0 radical (unpaired) electrons. The molecule has 0 aromatic heterocycles. The van der Waals surface area contributed by atoms with Crippen LogP contribution in [0.1, 0.15) is 11.1 Å². The highest BCUT2D eigenvalue weighted by molar-refractivity contribution is 9.10. The van der Waals surface area contributed by atoms with Gasteiger partial charge < -0.3 is 5.32 Å². The minimum absolute atomic E-state index is 0.150. The highest BCUT2D eigenvalue weighted by atomic mass is 79.9. The third-order valence-corrected chi connectivity index (χ3v) is 8.04. The van der Waals surface area contributed by atoms with Gasteiger partial charge in [0.05, 0.1) is 10.6 Å². The highest BCUT2D eigenvalue weighted by Gasteiger charge is 2.27. The number of hydrogen-bond donors (Lipinski definition) is 1. The van der Waals surface area contributed by atoms with E-state index in [0.29, 0.717) is 12.2 Å². The lowest BCUT2D eigenvalue weighted by molar-refractivity contribution is -0.119. The van der Waals surface area contributed by atoms with Gasteiger partial charge in [0.25, 0.3) is 10.0 Å². The van der Waals surface area contributed by atoms with Crippen molar-refractivity contribution in [1.29, 1.82) is 0 Å². The Bertz CT molecular complexity index is 1120. The lowest BCUT2D eigenvalue weighted by Gasteiger charge is -2.24. The molecule has 3 aromatic carbocycles. The Kier molecular flexibility index (Phi) is 8.78. The predicted molar refractivity (Wildman–Crippen MR) is 135 cm³/mol. The van der Waals surface area contributed by atoms with Crippen molar-refractivity contribution in [3.8, 4) is 0 Å². The summed E-state index contributed by atoms with van der Waals surface area (Å²) < 4.78 is 28.6. The summed E-state index contributed by atoms with van der Waals surface area (Å²) in [5.74, 6) is 1.26. The molecule has 0 aliphatic rings. The minimum Gasteiger partial charge on any atom is -0.354 e. The molecule has 0 saturated heterocycles. The molecule has 0 bridgehead atoms. The van der Waals surface area contributed by atoms with Crippen LogP contribution in [0.3, 0.4) is 0 Å². The summed E-state index contributed by atoms with van der Waals surface area (Å²) in [6.45, 7) is 2.07. The smallest absolute Gasteiger partial charge is 0.264 e. The van der Waals surface area contributed by atoms with Crippen molar-refractivity contribution in [2.45, 2.75) is 17.6 Å². The quantitative estimate of drug-likeness (QED) is 0.373. The zero-order valence-electron chi connectivity index (χ0n) is 17.7. The van der Waals surface area contributed by atoms with Crippen molar-refractivity contribution >= 4 is 49.3 Å². The van der Waals surface area contributed by atoms with Gasteiger partial charge in [-0.15, -0.1) is 0 Å². The van der Waals surface area contributed by atoms with Gasteiger partial charge in [0, 0.05) is 22.5 Å². The number of anilines is 1. The summed E-state index contributed by atoms with van der Waals surface area (Å²) >= 11 is 5.08. The fourth-order valence-electron chi connectivity index (χ4n) is 2.97. The zero-order valence-corrected chi connectivity index (χ0v) is 20.9. The lowest BCUT2D eigenvalue weighted by atomic mass is 10.2. The van der Waals surface area contributed by atoms with Crippen molar-refractivity contribution < 1.29 is 13.2 Å². The molecule has 3 aromatic rings. The number of hydrogen-bond acceptors (Lipinski definition) is 4. The van der Waals surface area contributed by atoms with Crippen LogP contribution >= 0.6 is 27.7 Å². The average molecular weight is 534 g/mol. The molecular weight excluding hydrogens is 508 g/mol. The second kappa shape index (κ2) is 11.5. The fourth-order valence-corrected chi connectivity index (χ4v) is 5.48. The topological polar surface area (TPSA) is 66.5 Å². The van der Waals surface area contributed by atoms with Crippen LogP contribution in [0.2, 0.25) is 0 Å². The van der Waals surface area contributed by atoms with Gasteiger partial charge in [-0.25, -0.2) is 8.42 Å². The molecule has 0 heterocycles. The molecule has 0 saturated carbocycles. The van der Waals surface area contributed by atoms with E-state index in [0.717, 1.165) is 25.8 Å². The van der Waals surface area contributed by atoms with Gasteiger partial charge in [-0.1, -0.05) is 64.0 Å². The van der Waals surface area contributed by atoms with Crippen LogP contribution in [0.15, 0.2) is 88.2 Å². The van der Waals surface area contributed by atoms with Crippen LogP contribution in [-0.4, -0.2) is 33.2 Å². The number of benzene rings is 3. The summed E-state index contributed by atoms with van der Waals surface area (Å²) in [6, 6.07) is 23.6. The number of halogens is 1. The molecule has 0 spiro atoms. The predicted octanol–water partition coefficient (Wildman–Crippen LogP) is 5.00. The van der Waals surface area contributed by atoms with Crippen molar-refractivity contribution in [1.82, 2.24) is 5.32 Å². The zero-order chi connectivity index (χ0) is 23.0. The number of rotatable bonds is 10. The first kappa shape index (κ1) is 24.4. The monoisotopic (exact) mass is 532 g/mol. The molecule has 1 N–H and O–H groups in total. The molecule has 0 fully saturated rings. The molecule has 0 aliphatic heterocycles. The van der Waals surface area contributed by atoms with Gasteiger partial charge in [-0.05, 0) is 48.9 Å². The first-order valence-electron chi connectivity index (χ1n) is 10.1. The molecular formula is C24H25BrN2O3S2. The summed E-state index contributed by atoms with van der Waals surface area (Å²) in [4.78, 5) is 12.8. The second-order valence-corrected chi connectivity index (χ2v) is 11.1. The standard InChI is InChI=1S/C24H25BrN2O3S2/c1-19-7-13-23(14-8-19)32(29,30)27(22-11-9-21(25)10-12-22)17-24(28)26-15-16-31-18-20-5-3-2-4-6-20/h2-14H,15-18H2,1H3,(H,26,28). The molecule has 32 heavy (non-hydrogen) atoms. The third-order valence-electron chi connectivity index (χ3n) is 4.69. The molecule has 8 heteroatoms. The van der Waals surface area contributed by atoms with Gasteiger partial charge >= 0.3 is 0 Å². The fraction of sp³-hybridized carbons (Fsp3) is 0.208. The Morgan fingerprint density at radius 3 is 2.28 bits per heavy atom. The summed E-state index contributed by atoms with van der Waals surface area (Å²) in [6.07, 6.45) is 0. The van der Waals surface area contributed by atoms with E-state index >= 15 is 0 Å². The van der Waals surface area contributed by atoms with Crippen LogP contribution in [0.5, 0.6) is 0 Å². The van der Waals surface area contributed by atoms with E-state index in [-0.39, 0.29) is 17.3 Å². The van der Waals surface area contributed by atoms with Crippen LogP contribution in [0.4, 0.5) is 5.69 Å². The van der Waals surface area contributed by atoms with Crippen molar-refractivity contribution in [2.24, 2.45) is 0 Å². The Balaban J connectivity index is 1.65. The maximum atomic E-state index is 13.3. The first-order valence-corrected chi connectivity index (χ1v) is 13.5. The number of nitrogens with one attached hydrogen (secondary N) is 1. The molecule has 0 unspecified atom stereocenters. The third kappa shape index (κ3) is 6.85. The molecule has 5 nitrogen and oxygen atoms in total. The first-order chi connectivity index (χ1) is 15.4. The summed E-state index contributed by atoms with van der Waals surface area (Å²) in [5, 5.41) is 2.84. The van der Waals surface area contributed by atoms with E-state index in [4.69, 9.17) is 0 Å². The van der Waals surface area contributed by atoms with Crippen LogP contribution in [0, 0.1) is 6.92 Å². The Labute approximate surface area is 202 Å². The number of carbonyl (C=O) groups excluding carboxylic acids is 1. The maximum Gasteiger partial charge on any atom is 0.264 e. The number of thioether (sulfide) groups is 1. The molecule has 0 aliphatic carbocycles. The normalized spacial score (nSPS) is 11.2. The van der Waals surface area contributed by atoms with E-state index in [9.17, 15) is 13.2 Å². The van der Waals surface area contributed by atoms with Crippen LogP contribution in [0.25, 0.3) is 0 Å². The number of carbonyl (C=O) groups is 1. The number of nitrogens with zero attached hydrogens (tertiary/aromatic N) is 1. The van der Waals surface area contributed by atoms with Crippen LogP contribution in [-0.2, 0) is 20.6 Å². The van der Waals surface area contributed by atoms with E-state index in [1.54, 1.807) is 60.3 Å². The van der Waals surface area contributed by atoms with Gasteiger partial charge in [-0.3, -0.25) is 9.10 Å². The molecule has 0 atom stereocenters. The second-order valence-electron chi connectivity index (χ2n) is 7.19. The Morgan fingerprint density at radius 1 is 0.969 bits per heavy atom. The highest BCUT2D eigenvalue weighted by Crippen LogP contribution is 2.25. The van der Waals surface area contributed by atoms with Crippen molar-refractivity contribution in [2.75, 3.05) is 23.1 Å². The Morgan fingerprint density at radius 2 is 1.62 bits per heavy atom. The average Bonchev–Trinajstić information content (AvgIpc) is 2.79. The number of sulfonamides is 1. The van der Waals surface area contributed by atoms with Gasteiger partial charge in [0.2, 0.25) is 5.91 Å². The van der Waals surface area contributed by atoms with E-state index in [2.05, 4.69) is 33.4 Å². The minimum atomic E-state index is -3.90. The molecule has 1 amide bonds. The summed E-state index contributed by atoms with van der Waals surface area (Å²) in [5.41, 5.74) is 2.63. The van der Waals surface area contributed by atoms with Crippen molar-refractivity contribution in [3.05, 3.63) is 94.5 Å². The van der Waals surface area contributed by atoms with Gasteiger partial charge in [0.15, 0.2) is 0 Å². The molecule has 168 valence electrons. The SMILES string of the molecule is Cc1ccc(S(=O)(=O)N(CC(=O)NCCSCc2ccccc2)c2ccc(Br)cc2)cc1. The van der Waals surface area contributed by atoms with E-state index < -0.39 is 10.0 Å². The number of aryl methyl sites for hydroxylation is 1. The molecule has 3 rings (SSSR count). The largest absolute Gasteiger partial charge is 0.354 e. The number of amides is 1. The van der Waals surface area contributed by atoms with E-state index in [1.165, 1.54) is 5.56 Å². The van der Waals surface area contributed by atoms with Gasteiger partial charge in [0.1, 0.15) is 6.54 Å².